The third-order valence-corrected chi connectivity index (χ3v) is 4.02. The maximum absolute atomic E-state index is 8.66. The second kappa shape index (κ2) is 10.5. The van der Waals surface area contributed by atoms with E-state index >= 15 is 0 Å². The van der Waals surface area contributed by atoms with Gasteiger partial charge in [-0.3, -0.25) is 0 Å². The molecule has 6 heteroatoms. The molecule has 2 aromatic carbocycles. The molecular formula is C18H22Cl2N2O2. The zero-order valence-corrected chi connectivity index (χ0v) is 14.9. The average Bonchev–Trinajstić information content (AvgIpc) is 2.58. The largest absolute Gasteiger partial charge is 0.489 e. The highest BCUT2D eigenvalue weighted by molar-refractivity contribution is 6.35. The van der Waals surface area contributed by atoms with Gasteiger partial charge in [-0.25, -0.2) is 0 Å². The molecule has 2 rings (SSSR count). The molecule has 0 amide bonds. The summed E-state index contributed by atoms with van der Waals surface area (Å²) in [5.74, 6) is 0.800. The van der Waals surface area contributed by atoms with Crippen LogP contribution in [0.15, 0.2) is 42.5 Å². The summed E-state index contributed by atoms with van der Waals surface area (Å²) >= 11 is 12.0. The lowest BCUT2D eigenvalue weighted by atomic mass is 10.2. The topological polar surface area (TPSA) is 53.5 Å². The van der Waals surface area contributed by atoms with Crippen molar-refractivity contribution in [1.29, 1.82) is 0 Å². The van der Waals surface area contributed by atoms with Crippen molar-refractivity contribution in [2.45, 2.75) is 13.2 Å². The minimum absolute atomic E-state index is 0.169. The van der Waals surface area contributed by atoms with Gasteiger partial charge in [-0.1, -0.05) is 41.4 Å². The Morgan fingerprint density at radius 2 is 1.67 bits per heavy atom. The fourth-order valence-corrected chi connectivity index (χ4v) is 2.58. The van der Waals surface area contributed by atoms with Crippen LogP contribution >= 0.6 is 23.2 Å². The third-order valence-electron chi connectivity index (χ3n) is 3.43. The van der Waals surface area contributed by atoms with E-state index in [0.717, 1.165) is 30.9 Å². The quantitative estimate of drug-likeness (QED) is 0.563. The van der Waals surface area contributed by atoms with Crippen LogP contribution in [0.1, 0.15) is 11.1 Å². The third kappa shape index (κ3) is 6.67. The smallest absolute Gasteiger partial charge is 0.119 e. The first-order chi connectivity index (χ1) is 11.7. The van der Waals surface area contributed by atoms with E-state index in [-0.39, 0.29) is 6.61 Å². The molecule has 0 aliphatic rings. The summed E-state index contributed by atoms with van der Waals surface area (Å²) in [6.07, 6.45) is 0. The van der Waals surface area contributed by atoms with Crippen molar-refractivity contribution in [3.8, 4) is 5.75 Å². The van der Waals surface area contributed by atoms with Crippen molar-refractivity contribution in [3.05, 3.63) is 63.6 Å². The molecule has 0 bridgehead atoms. The predicted molar refractivity (Wildman–Crippen MR) is 98.9 cm³/mol. The number of aliphatic hydroxyl groups excluding tert-OH is 1. The molecule has 130 valence electrons. The fourth-order valence-electron chi connectivity index (χ4n) is 2.12. The Morgan fingerprint density at radius 3 is 2.38 bits per heavy atom. The van der Waals surface area contributed by atoms with Gasteiger partial charge in [0, 0.05) is 41.8 Å². The Bertz CT molecular complexity index is 621. The fraction of sp³-hybridized carbons (Fsp3) is 0.333. The van der Waals surface area contributed by atoms with E-state index in [4.69, 9.17) is 33.0 Å². The highest BCUT2D eigenvalue weighted by Crippen LogP contribution is 2.22. The van der Waals surface area contributed by atoms with Crippen LogP contribution in [0, 0.1) is 0 Å². The van der Waals surface area contributed by atoms with Gasteiger partial charge in [-0.05, 0) is 29.8 Å². The zero-order valence-electron chi connectivity index (χ0n) is 13.4. The number of aliphatic hydroxyl groups is 1. The minimum atomic E-state index is 0.169. The van der Waals surface area contributed by atoms with E-state index in [9.17, 15) is 0 Å². The Kier molecular flexibility index (Phi) is 8.36. The number of rotatable bonds is 10. The molecule has 3 N–H and O–H groups in total. The first-order valence-electron chi connectivity index (χ1n) is 7.87. The van der Waals surface area contributed by atoms with Gasteiger partial charge < -0.3 is 20.5 Å². The van der Waals surface area contributed by atoms with Crippen LogP contribution in [0.4, 0.5) is 0 Å². The van der Waals surface area contributed by atoms with Crippen LogP contribution in [0.25, 0.3) is 0 Å². The molecule has 0 aliphatic heterocycles. The zero-order chi connectivity index (χ0) is 17.2. The van der Waals surface area contributed by atoms with Gasteiger partial charge in [-0.15, -0.1) is 0 Å². The molecule has 0 spiro atoms. The molecule has 0 atom stereocenters. The van der Waals surface area contributed by atoms with Crippen molar-refractivity contribution in [3.63, 3.8) is 0 Å². The normalized spacial score (nSPS) is 10.8. The van der Waals surface area contributed by atoms with E-state index in [1.54, 1.807) is 12.1 Å². The summed E-state index contributed by atoms with van der Waals surface area (Å²) in [7, 11) is 0. The van der Waals surface area contributed by atoms with Crippen molar-refractivity contribution in [1.82, 2.24) is 10.6 Å². The van der Waals surface area contributed by atoms with E-state index in [2.05, 4.69) is 10.6 Å². The van der Waals surface area contributed by atoms with E-state index in [1.807, 2.05) is 30.3 Å². The Morgan fingerprint density at radius 1 is 0.917 bits per heavy atom. The van der Waals surface area contributed by atoms with E-state index in [0.29, 0.717) is 23.2 Å². The van der Waals surface area contributed by atoms with Crippen LogP contribution in [0.3, 0.4) is 0 Å². The molecule has 0 radical (unpaired) electrons. The van der Waals surface area contributed by atoms with Crippen molar-refractivity contribution < 1.29 is 9.84 Å². The number of hydrogen-bond donors (Lipinski definition) is 3. The first kappa shape index (κ1) is 19.0. The van der Waals surface area contributed by atoms with Crippen LogP contribution in [-0.4, -0.2) is 31.3 Å². The highest BCUT2D eigenvalue weighted by Gasteiger charge is 2.03. The van der Waals surface area contributed by atoms with Gasteiger partial charge in [0.1, 0.15) is 12.4 Å². The van der Waals surface area contributed by atoms with Gasteiger partial charge in [0.15, 0.2) is 0 Å². The Balaban J connectivity index is 1.73. The maximum Gasteiger partial charge on any atom is 0.119 e. The summed E-state index contributed by atoms with van der Waals surface area (Å²) in [6, 6.07) is 13.4. The summed E-state index contributed by atoms with van der Waals surface area (Å²) in [5, 5.41) is 16.3. The number of benzene rings is 2. The summed E-state index contributed by atoms with van der Waals surface area (Å²) < 4.78 is 5.76. The lowest BCUT2D eigenvalue weighted by Gasteiger charge is -2.09. The van der Waals surface area contributed by atoms with Gasteiger partial charge >= 0.3 is 0 Å². The Labute approximate surface area is 152 Å². The number of hydrogen-bond acceptors (Lipinski definition) is 4. The second-order valence-corrected chi connectivity index (χ2v) is 6.16. The lowest BCUT2D eigenvalue weighted by Crippen LogP contribution is -2.28. The molecule has 0 unspecified atom stereocenters. The highest BCUT2D eigenvalue weighted by atomic mass is 35.5. The lowest BCUT2D eigenvalue weighted by molar-refractivity contribution is 0.292. The average molecular weight is 369 g/mol. The van der Waals surface area contributed by atoms with Crippen molar-refractivity contribution >= 4 is 23.2 Å². The molecule has 0 saturated carbocycles. The molecule has 24 heavy (non-hydrogen) atoms. The van der Waals surface area contributed by atoms with Crippen LogP contribution < -0.4 is 15.4 Å². The second-order valence-electron chi connectivity index (χ2n) is 5.32. The minimum Gasteiger partial charge on any atom is -0.489 e. The number of ether oxygens (including phenoxy) is 1. The number of halogens is 2. The molecular weight excluding hydrogens is 347 g/mol. The molecule has 4 nitrogen and oxygen atoms in total. The standard InChI is InChI=1S/C18H22Cl2N2O2/c19-16-4-3-15(18(20)11-16)13-24-17-5-1-14(2-6-17)12-22-8-7-21-9-10-23/h1-6,11,21-23H,7-10,12-13H2. The van der Waals surface area contributed by atoms with Gasteiger partial charge in [-0.2, -0.15) is 0 Å². The molecule has 0 aromatic heterocycles. The number of nitrogens with one attached hydrogen (secondary N) is 2. The van der Waals surface area contributed by atoms with Gasteiger partial charge in [0.05, 0.1) is 6.61 Å². The summed E-state index contributed by atoms with van der Waals surface area (Å²) in [5.41, 5.74) is 2.09. The van der Waals surface area contributed by atoms with Gasteiger partial charge in [0.25, 0.3) is 0 Å². The van der Waals surface area contributed by atoms with E-state index in [1.165, 1.54) is 5.56 Å². The van der Waals surface area contributed by atoms with Gasteiger partial charge in [0.2, 0.25) is 0 Å². The Hall–Kier alpha value is -1.30. The van der Waals surface area contributed by atoms with Crippen molar-refractivity contribution in [2.24, 2.45) is 0 Å². The van der Waals surface area contributed by atoms with Crippen molar-refractivity contribution in [2.75, 3.05) is 26.2 Å². The maximum atomic E-state index is 8.66. The molecule has 0 saturated heterocycles. The molecule has 2 aromatic rings. The van der Waals surface area contributed by atoms with Crippen LogP contribution in [0.2, 0.25) is 10.0 Å². The molecule has 0 heterocycles. The SMILES string of the molecule is OCCNCCNCc1ccc(OCc2ccc(Cl)cc2Cl)cc1. The van der Waals surface area contributed by atoms with E-state index < -0.39 is 0 Å². The molecule has 0 aliphatic carbocycles. The van der Waals surface area contributed by atoms with Crippen LogP contribution in [0.5, 0.6) is 5.75 Å². The summed E-state index contributed by atoms with van der Waals surface area (Å²) in [4.78, 5) is 0. The predicted octanol–water partition coefficient (Wildman–Crippen LogP) is 3.24. The monoisotopic (exact) mass is 368 g/mol. The summed E-state index contributed by atoms with van der Waals surface area (Å²) in [6.45, 7) is 3.69. The molecule has 0 fully saturated rings. The first-order valence-corrected chi connectivity index (χ1v) is 8.62. The van der Waals surface area contributed by atoms with Crippen LogP contribution in [-0.2, 0) is 13.2 Å².